The molecule has 0 spiro atoms. The second kappa shape index (κ2) is 7.72. The minimum Gasteiger partial charge on any atom is -0.376 e. The predicted octanol–water partition coefficient (Wildman–Crippen LogP) is 3.13. The zero-order valence-electron chi connectivity index (χ0n) is 16.4. The lowest BCUT2D eigenvalue weighted by molar-refractivity contribution is -0.126. The van der Waals surface area contributed by atoms with Gasteiger partial charge in [0.2, 0.25) is 5.91 Å². The summed E-state index contributed by atoms with van der Waals surface area (Å²) in [6, 6.07) is 0. The van der Waals surface area contributed by atoms with Gasteiger partial charge in [-0.1, -0.05) is 0 Å². The maximum Gasteiger partial charge on any atom is 0.223 e. The number of rotatable bonds is 4. The number of carbonyl (C=O) groups excluding carboxylic acids is 1. The zero-order chi connectivity index (χ0) is 19.0. The molecule has 1 N–H and O–H groups in total. The van der Waals surface area contributed by atoms with Gasteiger partial charge in [-0.2, -0.15) is 0 Å². The monoisotopic (exact) mass is 388 g/mol. The van der Waals surface area contributed by atoms with Crippen LogP contribution >= 0.6 is 11.3 Å². The number of fused-ring (bicyclic) bond motifs is 1. The molecule has 2 fully saturated rings. The van der Waals surface area contributed by atoms with E-state index in [0.717, 1.165) is 61.9 Å². The first kappa shape index (κ1) is 18.6. The summed E-state index contributed by atoms with van der Waals surface area (Å²) in [5.41, 5.74) is 1.28. The summed E-state index contributed by atoms with van der Waals surface area (Å²) < 4.78 is 5.59. The van der Waals surface area contributed by atoms with Gasteiger partial charge in [0, 0.05) is 37.0 Å². The number of amides is 1. The Morgan fingerprint density at radius 2 is 2.00 bits per heavy atom. The van der Waals surface area contributed by atoms with Crippen molar-refractivity contribution in [3.05, 3.63) is 16.3 Å². The maximum absolute atomic E-state index is 12.5. The first-order chi connectivity index (χ1) is 13.0. The van der Waals surface area contributed by atoms with Gasteiger partial charge in [0.15, 0.2) is 0 Å². The number of hydrogen-bond donors (Lipinski definition) is 1. The van der Waals surface area contributed by atoms with Gasteiger partial charge in [-0.25, -0.2) is 9.97 Å². The fraction of sp³-hybridized carbons (Fsp3) is 0.650. The largest absolute Gasteiger partial charge is 0.376 e. The number of hydrogen-bond acceptors (Lipinski definition) is 6. The van der Waals surface area contributed by atoms with Crippen LogP contribution in [0, 0.1) is 26.7 Å². The molecule has 146 valence electrons. The van der Waals surface area contributed by atoms with E-state index < -0.39 is 0 Å². The third-order valence-corrected chi connectivity index (χ3v) is 6.92. The van der Waals surface area contributed by atoms with Crippen LogP contribution in [0.2, 0.25) is 0 Å². The molecule has 27 heavy (non-hydrogen) atoms. The van der Waals surface area contributed by atoms with Crippen molar-refractivity contribution >= 4 is 33.3 Å². The number of thiophene rings is 1. The normalized spacial score (nSPS) is 21.1. The summed E-state index contributed by atoms with van der Waals surface area (Å²) >= 11 is 1.74. The van der Waals surface area contributed by atoms with Crippen molar-refractivity contribution in [1.29, 1.82) is 0 Å². The van der Waals surface area contributed by atoms with E-state index in [1.165, 1.54) is 15.8 Å². The molecule has 2 aromatic heterocycles. The van der Waals surface area contributed by atoms with Crippen molar-refractivity contribution in [2.75, 3.05) is 31.1 Å². The molecule has 2 aliphatic heterocycles. The molecule has 1 atom stereocenters. The molecule has 0 saturated carbocycles. The van der Waals surface area contributed by atoms with Crippen LogP contribution in [0.4, 0.5) is 5.82 Å². The summed E-state index contributed by atoms with van der Waals surface area (Å²) in [6.07, 6.45) is 4.10. The number of aryl methyl sites for hydroxylation is 3. The van der Waals surface area contributed by atoms with Gasteiger partial charge < -0.3 is 15.0 Å². The number of carbonyl (C=O) groups is 1. The average molecular weight is 389 g/mol. The second-order valence-electron chi connectivity index (χ2n) is 7.70. The molecule has 0 radical (unpaired) electrons. The molecule has 7 heteroatoms. The molecule has 1 amide bonds. The highest BCUT2D eigenvalue weighted by Crippen LogP contribution is 2.36. The summed E-state index contributed by atoms with van der Waals surface area (Å²) in [5, 5.41) is 4.28. The standard InChI is InChI=1S/C20H28N4O2S/c1-12-13(2)27-20-17(12)18(22-14(3)23-20)24-8-6-15(7-9-24)19(25)21-11-16-5-4-10-26-16/h15-16H,4-11H2,1-3H3,(H,21,25). The van der Waals surface area contributed by atoms with E-state index in [9.17, 15) is 4.79 Å². The van der Waals surface area contributed by atoms with E-state index >= 15 is 0 Å². The highest BCUT2D eigenvalue weighted by molar-refractivity contribution is 7.18. The number of anilines is 1. The van der Waals surface area contributed by atoms with Gasteiger partial charge in [0.1, 0.15) is 16.5 Å². The molecule has 2 saturated heterocycles. The highest BCUT2D eigenvalue weighted by Gasteiger charge is 2.28. The zero-order valence-corrected chi connectivity index (χ0v) is 17.2. The second-order valence-corrected chi connectivity index (χ2v) is 8.90. The summed E-state index contributed by atoms with van der Waals surface area (Å²) in [6.45, 7) is 9.45. The molecular weight excluding hydrogens is 360 g/mol. The predicted molar refractivity (Wildman–Crippen MR) is 109 cm³/mol. The van der Waals surface area contributed by atoms with Crippen molar-refractivity contribution in [3.8, 4) is 0 Å². The Balaban J connectivity index is 1.42. The molecule has 4 rings (SSSR count). The quantitative estimate of drug-likeness (QED) is 0.872. The fourth-order valence-corrected chi connectivity index (χ4v) is 5.15. The van der Waals surface area contributed by atoms with Gasteiger partial charge in [0.25, 0.3) is 0 Å². The van der Waals surface area contributed by atoms with E-state index in [1.54, 1.807) is 11.3 Å². The topological polar surface area (TPSA) is 67.4 Å². The number of nitrogens with zero attached hydrogens (tertiary/aromatic N) is 3. The highest BCUT2D eigenvalue weighted by atomic mass is 32.1. The third kappa shape index (κ3) is 3.80. The van der Waals surface area contributed by atoms with E-state index in [0.29, 0.717) is 6.54 Å². The molecule has 4 heterocycles. The Morgan fingerprint density at radius 1 is 1.22 bits per heavy atom. The number of ether oxygens (including phenoxy) is 1. The van der Waals surface area contributed by atoms with Crippen molar-refractivity contribution in [3.63, 3.8) is 0 Å². The van der Waals surface area contributed by atoms with Crippen LogP contribution in [0.5, 0.6) is 0 Å². The van der Waals surface area contributed by atoms with Crippen LogP contribution < -0.4 is 10.2 Å². The third-order valence-electron chi connectivity index (χ3n) is 5.81. The summed E-state index contributed by atoms with van der Waals surface area (Å²) in [7, 11) is 0. The lowest BCUT2D eigenvalue weighted by Gasteiger charge is -2.33. The average Bonchev–Trinajstić information content (AvgIpc) is 3.28. The Kier molecular flexibility index (Phi) is 5.32. The van der Waals surface area contributed by atoms with Crippen LogP contribution in [0.25, 0.3) is 10.2 Å². The van der Waals surface area contributed by atoms with Crippen LogP contribution in [0.1, 0.15) is 41.9 Å². The minimum absolute atomic E-state index is 0.0892. The lowest BCUT2D eigenvalue weighted by Crippen LogP contribution is -2.42. The minimum atomic E-state index is 0.0892. The van der Waals surface area contributed by atoms with E-state index in [-0.39, 0.29) is 17.9 Å². The first-order valence-electron chi connectivity index (χ1n) is 9.91. The Bertz CT molecular complexity index is 836. The number of nitrogens with one attached hydrogen (secondary N) is 1. The Morgan fingerprint density at radius 3 is 2.70 bits per heavy atom. The van der Waals surface area contributed by atoms with Crippen LogP contribution in [-0.4, -0.2) is 48.2 Å². The number of aromatic nitrogens is 2. The van der Waals surface area contributed by atoms with Crippen LogP contribution in [0.3, 0.4) is 0 Å². The van der Waals surface area contributed by atoms with Crippen molar-refractivity contribution in [2.45, 2.75) is 52.6 Å². The van der Waals surface area contributed by atoms with Crippen molar-refractivity contribution < 1.29 is 9.53 Å². The number of piperidine rings is 1. The Labute approximate surface area is 164 Å². The molecule has 6 nitrogen and oxygen atoms in total. The summed E-state index contributed by atoms with van der Waals surface area (Å²) in [4.78, 5) is 26.6. The van der Waals surface area contributed by atoms with Gasteiger partial charge in [-0.3, -0.25) is 4.79 Å². The van der Waals surface area contributed by atoms with Crippen LogP contribution in [0.15, 0.2) is 0 Å². The van der Waals surface area contributed by atoms with Gasteiger partial charge in [0.05, 0.1) is 11.5 Å². The van der Waals surface area contributed by atoms with E-state index in [1.807, 2.05) is 6.92 Å². The van der Waals surface area contributed by atoms with Crippen LogP contribution in [-0.2, 0) is 9.53 Å². The molecule has 0 aromatic carbocycles. The summed E-state index contributed by atoms with van der Waals surface area (Å²) in [5.74, 6) is 2.12. The molecule has 0 aliphatic carbocycles. The van der Waals surface area contributed by atoms with Gasteiger partial charge >= 0.3 is 0 Å². The van der Waals surface area contributed by atoms with E-state index in [2.05, 4.69) is 29.0 Å². The van der Waals surface area contributed by atoms with Gasteiger partial charge in [-0.05, 0) is 52.0 Å². The van der Waals surface area contributed by atoms with Crippen molar-refractivity contribution in [1.82, 2.24) is 15.3 Å². The SMILES string of the molecule is Cc1nc(N2CCC(C(=O)NCC3CCCO3)CC2)c2c(C)c(C)sc2n1. The lowest BCUT2D eigenvalue weighted by atomic mass is 9.95. The Hall–Kier alpha value is -1.73. The first-order valence-corrected chi connectivity index (χ1v) is 10.7. The van der Waals surface area contributed by atoms with Crippen molar-refractivity contribution in [2.24, 2.45) is 5.92 Å². The fourth-order valence-electron chi connectivity index (χ4n) is 4.08. The van der Waals surface area contributed by atoms with E-state index in [4.69, 9.17) is 9.72 Å². The molecule has 1 unspecified atom stereocenters. The molecule has 2 aromatic rings. The van der Waals surface area contributed by atoms with Gasteiger partial charge in [-0.15, -0.1) is 11.3 Å². The molecule has 2 aliphatic rings. The molecule has 0 bridgehead atoms. The smallest absolute Gasteiger partial charge is 0.223 e. The molecular formula is C20H28N4O2S. The maximum atomic E-state index is 12.5.